The van der Waals surface area contributed by atoms with Gasteiger partial charge < -0.3 is 15.4 Å². The molecule has 0 aromatic rings. The lowest BCUT2D eigenvalue weighted by Crippen LogP contribution is -2.38. The van der Waals surface area contributed by atoms with Crippen LogP contribution in [-0.4, -0.2) is 38.4 Å². The molecule has 2 unspecified atom stereocenters. The molecule has 3 nitrogen and oxygen atoms in total. The van der Waals surface area contributed by atoms with E-state index in [4.69, 9.17) is 4.74 Å². The number of hydrogen-bond acceptors (Lipinski definition) is 3. The van der Waals surface area contributed by atoms with Crippen molar-refractivity contribution in [3.63, 3.8) is 0 Å². The van der Waals surface area contributed by atoms with Gasteiger partial charge in [0.15, 0.2) is 0 Å². The summed E-state index contributed by atoms with van der Waals surface area (Å²) in [7, 11) is 1.80. The van der Waals surface area contributed by atoms with E-state index >= 15 is 0 Å². The van der Waals surface area contributed by atoms with Crippen molar-refractivity contribution in [1.29, 1.82) is 0 Å². The lowest BCUT2D eigenvalue weighted by atomic mass is 10.2. The van der Waals surface area contributed by atoms with Gasteiger partial charge in [0, 0.05) is 32.3 Å². The second-order valence-corrected chi connectivity index (χ2v) is 4.59. The summed E-state index contributed by atoms with van der Waals surface area (Å²) in [6, 6.07) is 1.42. The molecule has 3 heteroatoms. The maximum Gasteiger partial charge on any atom is 0.0711 e. The van der Waals surface area contributed by atoms with Crippen LogP contribution < -0.4 is 10.6 Å². The minimum absolute atomic E-state index is 0.436. The predicted molar refractivity (Wildman–Crippen MR) is 57.5 cm³/mol. The molecule has 2 atom stereocenters. The van der Waals surface area contributed by atoms with E-state index in [-0.39, 0.29) is 0 Å². The van der Waals surface area contributed by atoms with E-state index in [2.05, 4.69) is 10.6 Å². The second-order valence-electron chi connectivity index (χ2n) is 4.59. The van der Waals surface area contributed by atoms with Crippen molar-refractivity contribution in [2.45, 2.75) is 50.3 Å². The minimum atomic E-state index is 0.436. The van der Waals surface area contributed by atoms with E-state index in [1.165, 1.54) is 25.7 Å². The fourth-order valence-electron chi connectivity index (χ4n) is 2.56. The largest absolute Gasteiger partial charge is 0.380 e. The fourth-order valence-corrected chi connectivity index (χ4v) is 2.56. The molecule has 0 radical (unpaired) electrons. The smallest absolute Gasteiger partial charge is 0.0711 e. The molecule has 2 aliphatic rings. The van der Waals surface area contributed by atoms with Gasteiger partial charge >= 0.3 is 0 Å². The van der Waals surface area contributed by atoms with E-state index in [9.17, 15) is 0 Å². The molecule has 0 amide bonds. The SMILES string of the molecule is COC1CNC(CNC2CCCC2)C1. The van der Waals surface area contributed by atoms with E-state index < -0.39 is 0 Å². The number of hydrogen-bond donors (Lipinski definition) is 2. The van der Waals surface area contributed by atoms with Crippen molar-refractivity contribution in [3.8, 4) is 0 Å². The lowest BCUT2D eigenvalue weighted by Gasteiger charge is -2.16. The summed E-state index contributed by atoms with van der Waals surface area (Å²) in [6.45, 7) is 2.14. The Morgan fingerprint density at radius 2 is 2.14 bits per heavy atom. The Balaban J connectivity index is 1.61. The summed E-state index contributed by atoms with van der Waals surface area (Å²) in [4.78, 5) is 0. The van der Waals surface area contributed by atoms with Gasteiger partial charge in [0.25, 0.3) is 0 Å². The molecule has 1 aliphatic heterocycles. The zero-order valence-corrected chi connectivity index (χ0v) is 9.09. The average Bonchev–Trinajstić information content (AvgIpc) is 2.86. The molecular weight excluding hydrogens is 176 g/mol. The fraction of sp³-hybridized carbons (Fsp3) is 1.00. The predicted octanol–water partition coefficient (Wildman–Crippen LogP) is 0.895. The molecule has 14 heavy (non-hydrogen) atoms. The van der Waals surface area contributed by atoms with E-state index in [1.54, 1.807) is 7.11 Å². The Kier molecular flexibility index (Phi) is 3.79. The Morgan fingerprint density at radius 1 is 1.36 bits per heavy atom. The van der Waals surface area contributed by atoms with Crippen molar-refractivity contribution < 1.29 is 4.74 Å². The van der Waals surface area contributed by atoms with Gasteiger partial charge in [0.1, 0.15) is 0 Å². The third-order valence-electron chi connectivity index (χ3n) is 3.52. The van der Waals surface area contributed by atoms with Gasteiger partial charge in [0.05, 0.1) is 6.10 Å². The van der Waals surface area contributed by atoms with Crippen LogP contribution in [0.15, 0.2) is 0 Å². The van der Waals surface area contributed by atoms with Crippen LogP contribution in [0, 0.1) is 0 Å². The first-order valence-corrected chi connectivity index (χ1v) is 5.88. The summed E-state index contributed by atoms with van der Waals surface area (Å²) < 4.78 is 5.32. The summed E-state index contributed by atoms with van der Waals surface area (Å²) >= 11 is 0. The highest BCUT2D eigenvalue weighted by Gasteiger charge is 2.24. The monoisotopic (exact) mass is 198 g/mol. The first-order chi connectivity index (χ1) is 6.88. The highest BCUT2D eigenvalue weighted by Crippen LogP contribution is 2.18. The Bertz CT molecular complexity index is 169. The molecule has 0 bridgehead atoms. The molecule has 0 aromatic heterocycles. The van der Waals surface area contributed by atoms with Crippen LogP contribution in [0.2, 0.25) is 0 Å². The molecule has 1 heterocycles. The van der Waals surface area contributed by atoms with E-state index in [1.807, 2.05) is 0 Å². The van der Waals surface area contributed by atoms with Gasteiger partial charge in [-0.1, -0.05) is 12.8 Å². The molecular formula is C11H22N2O. The van der Waals surface area contributed by atoms with Crippen LogP contribution in [-0.2, 0) is 4.74 Å². The standard InChI is InChI=1S/C11H22N2O/c1-14-11-6-10(13-8-11)7-12-9-4-2-3-5-9/h9-13H,2-8H2,1H3. The third kappa shape index (κ3) is 2.69. The zero-order chi connectivity index (χ0) is 9.80. The maximum absolute atomic E-state index is 5.32. The number of rotatable bonds is 4. The van der Waals surface area contributed by atoms with Crippen LogP contribution in [0.25, 0.3) is 0 Å². The molecule has 0 spiro atoms. The van der Waals surface area contributed by atoms with Gasteiger partial charge in [-0.05, 0) is 19.3 Å². The van der Waals surface area contributed by atoms with Crippen molar-refractivity contribution in [2.75, 3.05) is 20.2 Å². The lowest BCUT2D eigenvalue weighted by molar-refractivity contribution is 0.117. The summed E-state index contributed by atoms with van der Waals surface area (Å²) in [5, 5.41) is 7.14. The number of ether oxygens (including phenoxy) is 1. The average molecular weight is 198 g/mol. The molecule has 1 saturated heterocycles. The van der Waals surface area contributed by atoms with Gasteiger partial charge in [-0.15, -0.1) is 0 Å². The highest BCUT2D eigenvalue weighted by molar-refractivity contribution is 4.85. The van der Waals surface area contributed by atoms with Crippen LogP contribution in [0.1, 0.15) is 32.1 Å². The van der Waals surface area contributed by atoms with Gasteiger partial charge in [-0.2, -0.15) is 0 Å². The Hall–Kier alpha value is -0.120. The quantitative estimate of drug-likeness (QED) is 0.704. The zero-order valence-electron chi connectivity index (χ0n) is 9.09. The van der Waals surface area contributed by atoms with Crippen LogP contribution in [0.5, 0.6) is 0 Å². The molecule has 2 fully saturated rings. The summed E-state index contributed by atoms with van der Waals surface area (Å²) in [6.07, 6.45) is 7.18. The number of nitrogens with one attached hydrogen (secondary N) is 2. The third-order valence-corrected chi connectivity index (χ3v) is 3.52. The summed E-state index contributed by atoms with van der Waals surface area (Å²) in [5.74, 6) is 0. The van der Waals surface area contributed by atoms with E-state index in [0.29, 0.717) is 12.1 Å². The van der Waals surface area contributed by atoms with Gasteiger partial charge in [-0.25, -0.2) is 0 Å². The molecule has 82 valence electrons. The van der Waals surface area contributed by atoms with E-state index in [0.717, 1.165) is 25.6 Å². The first kappa shape index (κ1) is 10.4. The minimum Gasteiger partial charge on any atom is -0.380 e. The van der Waals surface area contributed by atoms with Gasteiger partial charge in [-0.3, -0.25) is 0 Å². The van der Waals surface area contributed by atoms with Crippen molar-refractivity contribution in [2.24, 2.45) is 0 Å². The normalized spacial score (nSPS) is 34.1. The number of methoxy groups -OCH3 is 1. The van der Waals surface area contributed by atoms with Crippen molar-refractivity contribution in [3.05, 3.63) is 0 Å². The molecule has 2 N–H and O–H groups in total. The molecule has 1 saturated carbocycles. The van der Waals surface area contributed by atoms with Crippen LogP contribution in [0.3, 0.4) is 0 Å². The second kappa shape index (κ2) is 5.10. The first-order valence-electron chi connectivity index (χ1n) is 5.88. The van der Waals surface area contributed by atoms with Crippen LogP contribution >= 0.6 is 0 Å². The van der Waals surface area contributed by atoms with Gasteiger partial charge in [0.2, 0.25) is 0 Å². The highest BCUT2D eigenvalue weighted by atomic mass is 16.5. The van der Waals surface area contributed by atoms with Crippen molar-refractivity contribution >= 4 is 0 Å². The molecule has 0 aromatic carbocycles. The van der Waals surface area contributed by atoms with Crippen molar-refractivity contribution in [1.82, 2.24) is 10.6 Å². The van der Waals surface area contributed by atoms with Crippen LogP contribution in [0.4, 0.5) is 0 Å². The maximum atomic E-state index is 5.32. The molecule has 2 rings (SSSR count). The summed E-state index contributed by atoms with van der Waals surface area (Å²) in [5.41, 5.74) is 0. The Morgan fingerprint density at radius 3 is 2.79 bits per heavy atom. The molecule has 1 aliphatic carbocycles. The topological polar surface area (TPSA) is 33.3 Å². The Labute approximate surface area is 86.6 Å².